The van der Waals surface area contributed by atoms with E-state index in [4.69, 9.17) is 4.74 Å². The Hall–Kier alpha value is -2.35. The van der Waals surface area contributed by atoms with E-state index >= 15 is 0 Å². The molecule has 2 atom stereocenters. The molecule has 0 fully saturated rings. The lowest BCUT2D eigenvalue weighted by Crippen LogP contribution is -2.41. The van der Waals surface area contributed by atoms with Crippen molar-refractivity contribution >= 4 is 28.5 Å². The van der Waals surface area contributed by atoms with Crippen LogP contribution in [0.2, 0.25) is 0 Å². The molecule has 1 amide bonds. The third kappa shape index (κ3) is 4.60. The molecular weight excluding hydrogens is 429 g/mol. The first-order chi connectivity index (χ1) is 12.1. The third-order valence-electron chi connectivity index (χ3n) is 3.74. The van der Waals surface area contributed by atoms with Gasteiger partial charge in [0.25, 0.3) is 5.91 Å². The number of ether oxygens (including phenoxy) is 1. The standard InChI is InChI=1S/C19H18IN3O2/c1-14(25-17-5-3-2-4-6-17)18(23-12-11-21-13-23)22-19(24)15-7-9-16(20)10-8-15/h2-14,18H,1H3,(H,22,24). The zero-order valence-corrected chi connectivity index (χ0v) is 15.8. The average molecular weight is 447 g/mol. The largest absolute Gasteiger partial charge is 0.487 e. The number of amides is 1. The minimum atomic E-state index is -0.380. The number of para-hydroxylation sites is 1. The number of halogens is 1. The van der Waals surface area contributed by atoms with Gasteiger partial charge in [0.2, 0.25) is 0 Å². The third-order valence-corrected chi connectivity index (χ3v) is 4.46. The Morgan fingerprint density at radius 3 is 2.52 bits per heavy atom. The van der Waals surface area contributed by atoms with Crippen LogP contribution in [0.5, 0.6) is 5.75 Å². The molecule has 3 rings (SSSR count). The van der Waals surface area contributed by atoms with Crippen molar-refractivity contribution < 1.29 is 9.53 Å². The van der Waals surface area contributed by atoms with E-state index in [9.17, 15) is 4.79 Å². The van der Waals surface area contributed by atoms with Crippen molar-refractivity contribution in [3.8, 4) is 5.75 Å². The van der Waals surface area contributed by atoms with Crippen molar-refractivity contribution in [3.63, 3.8) is 0 Å². The first kappa shape index (κ1) is 17.5. The van der Waals surface area contributed by atoms with E-state index < -0.39 is 0 Å². The summed E-state index contributed by atoms with van der Waals surface area (Å²) in [5.41, 5.74) is 0.609. The molecule has 1 heterocycles. The first-order valence-corrected chi connectivity index (χ1v) is 8.97. The SMILES string of the molecule is CC(Oc1ccccc1)C(NC(=O)c1ccc(I)cc1)n1ccnc1. The monoisotopic (exact) mass is 447 g/mol. The van der Waals surface area contributed by atoms with Gasteiger partial charge in [0.15, 0.2) is 0 Å². The van der Waals surface area contributed by atoms with Crippen LogP contribution in [0, 0.1) is 3.57 Å². The number of carbonyl (C=O) groups excluding carboxylic acids is 1. The quantitative estimate of drug-likeness (QED) is 0.584. The summed E-state index contributed by atoms with van der Waals surface area (Å²) in [6, 6.07) is 17.0. The summed E-state index contributed by atoms with van der Waals surface area (Å²) >= 11 is 2.21. The smallest absolute Gasteiger partial charge is 0.252 e. The molecule has 128 valence electrons. The summed E-state index contributed by atoms with van der Waals surface area (Å²) in [4.78, 5) is 16.7. The van der Waals surface area contributed by atoms with Crippen molar-refractivity contribution in [2.75, 3.05) is 0 Å². The van der Waals surface area contributed by atoms with Gasteiger partial charge in [-0.05, 0) is 65.9 Å². The Morgan fingerprint density at radius 2 is 1.88 bits per heavy atom. The molecule has 25 heavy (non-hydrogen) atoms. The van der Waals surface area contributed by atoms with Gasteiger partial charge in [-0.3, -0.25) is 4.79 Å². The molecular formula is C19H18IN3O2. The number of rotatable bonds is 6. The fraction of sp³-hybridized carbons (Fsp3) is 0.158. The highest BCUT2D eigenvalue weighted by Crippen LogP contribution is 2.18. The van der Waals surface area contributed by atoms with Gasteiger partial charge in [0.05, 0.1) is 6.33 Å². The Morgan fingerprint density at radius 1 is 1.16 bits per heavy atom. The molecule has 0 aliphatic rings. The molecule has 2 unspecified atom stereocenters. The summed E-state index contributed by atoms with van der Waals surface area (Å²) in [5, 5.41) is 3.03. The maximum atomic E-state index is 12.6. The summed E-state index contributed by atoms with van der Waals surface area (Å²) in [5.74, 6) is 0.599. The number of imidazole rings is 1. The molecule has 3 aromatic rings. The highest BCUT2D eigenvalue weighted by molar-refractivity contribution is 14.1. The molecule has 0 radical (unpaired) electrons. The van der Waals surface area contributed by atoms with Crippen LogP contribution in [-0.2, 0) is 0 Å². The molecule has 2 aromatic carbocycles. The van der Waals surface area contributed by atoms with Crippen molar-refractivity contribution in [2.45, 2.75) is 19.2 Å². The molecule has 6 heteroatoms. The van der Waals surface area contributed by atoms with Crippen molar-refractivity contribution in [1.82, 2.24) is 14.9 Å². The Kier molecular flexibility index (Phi) is 5.70. The lowest BCUT2D eigenvalue weighted by molar-refractivity contribution is 0.0815. The molecule has 1 aromatic heterocycles. The highest BCUT2D eigenvalue weighted by Gasteiger charge is 2.23. The topological polar surface area (TPSA) is 56.1 Å². The van der Waals surface area contributed by atoms with Crippen LogP contribution in [-0.4, -0.2) is 21.6 Å². The molecule has 0 aliphatic heterocycles. The number of aromatic nitrogens is 2. The number of hydrogen-bond acceptors (Lipinski definition) is 3. The van der Waals surface area contributed by atoms with Crippen LogP contribution in [0.1, 0.15) is 23.4 Å². The Labute approximate surface area is 160 Å². The normalized spacial score (nSPS) is 13.0. The Balaban J connectivity index is 1.78. The molecule has 0 saturated carbocycles. The first-order valence-electron chi connectivity index (χ1n) is 7.89. The van der Waals surface area contributed by atoms with E-state index in [0.29, 0.717) is 5.56 Å². The van der Waals surface area contributed by atoms with Gasteiger partial charge in [-0.2, -0.15) is 0 Å². The van der Waals surface area contributed by atoms with Gasteiger partial charge < -0.3 is 14.6 Å². The predicted octanol–water partition coefficient (Wildman–Crippen LogP) is 3.88. The molecule has 0 bridgehead atoms. The number of nitrogens with one attached hydrogen (secondary N) is 1. The zero-order chi connectivity index (χ0) is 17.6. The van der Waals surface area contributed by atoms with Crippen LogP contribution in [0.3, 0.4) is 0 Å². The molecule has 0 aliphatic carbocycles. The summed E-state index contributed by atoms with van der Waals surface area (Å²) in [6.07, 6.45) is 4.49. The maximum Gasteiger partial charge on any atom is 0.252 e. The van der Waals surface area contributed by atoms with E-state index in [-0.39, 0.29) is 18.2 Å². The lowest BCUT2D eigenvalue weighted by atomic mass is 10.2. The zero-order valence-electron chi connectivity index (χ0n) is 13.7. The number of benzene rings is 2. The van der Waals surface area contributed by atoms with Gasteiger partial charge in [-0.25, -0.2) is 4.98 Å². The highest BCUT2D eigenvalue weighted by atomic mass is 127. The lowest BCUT2D eigenvalue weighted by Gasteiger charge is -2.27. The second kappa shape index (κ2) is 8.15. The predicted molar refractivity (Wildman–Crippen MR) is 104 cm³/mol. The van der Waals surface area contributed by atoms with Crippen molar-refractivity contribution in [3.05, 3.63) is 82.5 Å². The molecule has 0 saturated heterocycles. The summed E-state index contributed by atoms with van der Waals surface area (Å²) < 4.78 is 8.91. The second-order valence-corrected chi connectivity index (χ2v) is 6.82. The Bertz CT molecular complexity index is 804. The van der Waals surface area contributed by atoms with E-state index in [1.807, 2.05) is 72.3 Å². The molecule has 5 nitrogen and oxygen atoms in total. The van der Waals surface area contributed by atoms with Crippen LogP contribution in [0.4, 0.5) is 0 Å². The summed E-state index contributed by atoms with van der Waals surface area (Å²) in [7, 11) is 0. The fourth-order valence-corrected chi connectivity index (χ4v) is 2.82. The van der Waals surface area contributed by atoms with E-state index in [1.54, 1.807) is 12.5 Å². The van der Waals surface area contributed by atoms with Gasteiger partial charge in [0, 0.05) is 21.5 Å². The van der Waals surface area contributed by atoms with Gasteiger partial charge >= 0.3 is 0 Å². The van der Waals surface area contributed by atoms with E-state index in [2.05, 4.69) is 32.9 Å². The van der Waals surface area contributed by atoms with Crippen LogP contribution < -0.4 is 10.1 Å². The van der Waals surface area contributed by atoms with Crippen LogP contribution >= 0.6 is 22.6 Å². The number of nitrogens with zero attached hydrogens (tertiary/aromatic N) is 2. The van der Waals surface area contributed by atoms with Crippen LogP contribution in [0.25, 0.3) is 0 Å². The number of hydrogen-bond donors (Lipinski definition) is 1. The average Bonchev–Trinajstić information content (AvgIpc) is 3.15. The molecule has 0 spiro atoms. The van der Waals surface area contributed by atoms with Crippen molar-refractivity contribution in [2.24, 2.45) is 0 Å². The maximum absolute atomic E-state index is 12.6. The van der Waals surface area contributed by atoms with Crippen molar-refractivity contribution in [1.29, 1.82) is 0 Å². The minimum absolute atomic E-state index is 0.154. The van der Waals surface area contributed by atoms with Gasteiger partial charge in [-0.1, -0.05) is 18.2 Å². The minimum Gasteiger partial charge on any atom is -0.487 e. The van der Waals surface area contributed by atoms with E-state index in [1.165, 1.54) is 0 Å². The number of carbonyl (C=O) groups is 1. The summed E-state index contributed by atoms with van der Waals surface area (Å²) in [6.45, 7) is 1.92. The second-order valence-electron chi connectivity index (χ2n) is 5.57. The van der Waals surface area contributed by atoms with E-state index in [0.717, 1.165) is 9.32 Å². The molecule has 1 N–H and O–H groups in total. The van der Waals surface area contributed by atoms with Crippen LogP contribution in [0.15, 0.2) is 73.3 Å². The fourth-order valence-electron chi connectivity index (χ4n) is 2.47. The van der Waals surface area contributed by atoms with Gasteiger partial charge in [-0.15, -0.1) is 0 Å². The van der Waals surface area contributed by atoms with Gasteiger partial charge in [0.1, 0.15) is 18.0 Å².